The standard InChI is InChI=1S/C10H6ClF3N2/c11-9-15-5-8(16-9)6-1-3-7(4-2-6)10(12,13)14/h1-5H,(H,15,16). The molecule has 0 radical (unpaired) electrons. The Morgan fingerprint density at radius 2 is 1.75 bits per heavy atom. The van der Waals surface area contributed by atoms with E-state index < -0.39 is 11.7 Å². The summed E-state index contributed by atoms with van der Waals surface area (Å²) in [6, 6.07) is 4.77. The number of hydrogen-bond acceptors (Lipinski definition) is 1. The van der Waals surface area contributed by atoms with Crippen molar-refractivity contribution in [1.82, 2.24) is 9.97 Å². The van der Waals surface area contributed by atoms with E-state index >= 15 is 0 Å². The van der Waals surface area contributed by atoms with Crippen LogP contribution in [0, 0.1) is 0 Å². The van der Waals surface area contributed by atoms with E-state index in [1.165, 1.54) is 18.3 Å². The van der Waals surface area contributed by atoms with Crippen LogP contribution in [0.1, 0.15) is 5.56 Å². The molecule has 1 aromatic carbocycles. The van der Waals surface area contributed by atoms with E-state index in [9.17, 15) is 13.2 Å². The second-order valence-electron chi connectivity index (χ2n) is 3.16. The summed E-state index contributed by atoms with van der Waals surface area (Å²) in [7, 11) is 0. The van der Waals surface area contributed by atoms with Crippen LogP contribution in [-0.2, 0) is 6.18 Å². The first kappa shape index (κ1) is 11.0. The van der Waals surface area contributed by atoms with Crippen molar-refractivity contribution >= 4 is 11.6 Å². The highest BCUT2D eigenvalue weighted by Crippen LogP contribution is 2.30. The number of benzene rings is 1. The van der Waals surface area contributed by atoms with Crippen LogP contribution in [-0.4, -0.2) is 9.97 Å². The lowest BCUT2D eigenvalue weighted by Gasteiger charge is -2.06. The first-order valence-corrected chi connectivity index (χ1v) is 4.73. The number of nitrogens with zero attached hydrogens (tertiary/aromatic N) is 1. The molecule has 84 valence electrons. The molecular weight excluding hydrogens is 241 g/mol. The zero-order valence-corrected chi connectivity index (χ0v) is 8.60. The summed E-state index contributed by atoms with van der Waals surface area (Å²) >= 11 is 5.57. The number of rotatable bonds is 1. The number of alkyl halides is 3. The summed E-state index contributed by atoms with van der Waals surface area (Å²) in [5.74, 6) is 0. The van der Waals surface area contributed by atoms with Crippen LogP contribution in [0.15, 0.2) is 30.5 Å². The molecule has 0 aliphatic carbocycles. The molecule has 2 nitrogen and oxygen atoms in total. The predicted octanol–water partition coefficient (Wildman–Crippen LogP) is 3.75. The second-order valence-corrected chi connectivity index (χ2v) is 3.52. The number of hydrogen-bond donors (Lipinski definition) is 1. The molecule has 0 atom stereocenters. The number of imidazole rings is 1. The van der Waals surface area contributed by atoms with E-state index in [1.54, 1.807) is 0 Å². The average Bonchev–Trinajstić information content (AvgIpc) is 2.64. The van der Waals surface area contributed by atoms with Crippen molar-refractivity contribution in [3.63, 3.8) is 0 Å². The molecular formula is C10H6ClF3N2. The summed E-state index contributed by atoms with van der Waals surface area (Å²) in [6.45, 7) is 0. The van der Waals surface area contributed by atoms with E-state index in [4.69, 9.17) is 11.6 Å². The molecule has 0 amide bonds. The van der Waals surface area contributed by atoms with E-state index in [0.29, 0.717) is 11.3 Å². The van der Waals surface area contributed by atoms with Crippen LogP contribution in [0.5, 0.6) is 0 Å². The van der Waals surface area contributed by atoms with Gasteiger partial charge in [0.15, 0.2) is 5.28 Å². The minimum atomic E-state index is -4.32. The van der Waals surface area contributed by atoms with Crippen molar-refractivity contribution in [2.45, 2.75) is 6.18 Å². The number of H-pyrrole nitrogens is 1. The van der Waals surface area contributed by atoms with Gasteiger partial charge in [-0.1, -0.05) is 12.1 Å². The molecule has 0 fully saturated rings. The molecule has 0 saturated carbocycles. The van der Waals surface area contributed by atoms with Gasteiger partial charge in [0.25, 0.3) is 0 Å². The quantitative estimate of drug-likeness (QED) is 0.816. The molecule has 2 rings (SSSR count). The van der Waals surface area contributed by atoms with Gasteiger partial charge in [0.1, 0.15) is 0 Å². The number of aromatic nitrogens is 2. The molecule has 0 aliphatic heterocycles. The molecule has 0 saturated heterocycles. The monoisotopic (exact) mass is 246 g/mol. The lowest BCUT2D eigenvalue weighted by atomic mass is 10.1. The molecule has 0 bridgehead atoms. The highest BCUT2D eigenvalue weighted by Gasteiger charge is 2.29. The number of aromatic amines is 1. The maximum atomic E-state index is 12.3. The molecule has 1 aromatic heterocycles. The van der Waals surface area contributed by atoms with Gasteiger partial charge in [-0.15, -0.1) is 0 Å². The third kappa shape index (κ3) is 2.19. The molecule has 0 unspecified atom stereocenters. The van der Waals surface area contributed by atoms with Gasteiger partial charge in [0.05, 0.1) is 17.5 Å². The maximum Gasteiger partial charge on any atom is 0.416 e. The van der Waals surface area contributed by atoms with Crippen LogP contribution < -0.4 is 0 Å². The summed E-state index contributed by atoms with van der Waals surface area (Å²) in [4.78, 5) is 6.48. The lowest BCUT2D eigenvalue weighted by molar-refractivity contribution is -0.137. The Morgan fingerprint density at radius 3 is 2.19 bits per heavy atom. The van der Waals surface area contributed by atoms with Crippen molar-refractivity contribution in [3.8, 4) is 11.3 Å². The molecule has 0 spiro atoms. The Morgan fingerprint density at radius 1 is 1.12 bits per heavy atom. The Kier molecular flexibility index (Phi) is 2.63. The fraction of sp³-hybridized carbons (Fsp3) is 0.100. The van der Waals surface area contributed by atoms with Gasteiger partial charge in [-0.3, -0.25) is 0 Å². The van der Waals surface area contributed by atoms with Gasteiger partial charge >= 0.3 is 6.18 Å². The van der Waals surface area contributed by atoms with Crippen molar-refractivity contribution in [2.75, 3.05) is 0 Å². The summed E-state index contributed by atoms with van der Waals surface area (Å²) in [5.41, 5.74) is 0.507. The number of nitrogens with one attached hydrogen (secondary N) is 1. The van der Waals surface area contributed by atoms with Gasteiger partial charge in [0, 0.05) is 0 Å². The molecule has 1 heterocycles. The third-order valence-electron chi connectivity index (χ3n) is 2.07. The predicted molar refractivity (Wildman–Crippen MR) is 54.0 cm³/mol. The molecule has 0 aliphatic rings. The smallest absolute Gasteiger partial charge is 0.329 e. The fourth-order valence-corrected chi connectivity index (χ4v) is 1.43. The molecule has 2 aromatic rings. The van der Waals surface area contributed by atoms with Crippen LogP contribution >= 0.6 is 11.6 Å². The van der Waals surface area contributed by atoms with Crippen molar-refractivity contribution in [3.05, 3.63) is 41.3 Å². The Labute approximate surface area is 94.1 Å². The van der Waals surface area contributed by atoms with E-state index in [1.807, 2.05) is 0 Å². The first-order chi connectivity index (χ1) is 7.47. The third-order valence-corrected chi connectivity index (χ3v) is 2.26. The topological polar surface area (TPSA) is 28.7 Å². The normalized spacial score (nSPS) is 11.8. The van der Waals surface area contributed by atoms with Crippen LogP contribution in [0.3, 0.4) is 0 Å². The van der Waals surface area contributed by atoms with Crippen LogP contribution in [0.2, 0.25) is 5.28 Å². The lowest BCUT2D eigenvalue weighted by Crippen LogP contribution is -2.03. The molecule has 16 heavy (non-hydrogen) atoms. The van der Waals surface area contributed by atoms with Gasteiger partial charge in [0.2, 0.25) is 0 Å². The van der Waals surface area contributed by atoms with Crippen LogP contribution in [0.4, 0.5) is 13.2 Å². The van der Waals surface area contributed by atoms with Gasteiger partial charge in [-0.05, 0) is 29.3 Å². The fourth-order valence-electron chi connectivity index (χ4n) is 1.28. The highest BCUT2D eigenvalue weighted by molar-refractivity contribution is 6.28. The van der Waals surface area contributed by atoms with Gasteiger partial charge < -0.3 is 4.98 Å². The highest BCUT2D eigenvalue weighted by atomic mass is 35.5. The Bertz CT molecular complexity index is 488. The summed E-state index contributed by atoms with van der Waals surface area (Å²) < 4.78 is 36.9. The van der Waals surface area contributed by atoms with Crippen molar-refractivity contribution in [2.24, 2.45) is 0 Å². The minimum absolute atomic E-state index is 0.204. The van der Waals surface area contributed by atoms with Gasteiger partial charge in [-0.25, -0.2) is 4.98 Å². The van der Waals surface area contributed by atoms with Crippen molar-refractivity contribution < 1.29 is 13.2 Å². The minimum Gasteiger partial charge on any atom is -0.329 e. The molecule has 6 heteroatoms. The molecule has 1 N–H and O–H groups in total. The van der Waals surface area contributed by atoms with Crippen LogP contribution in [0.25, 0.3) is 11.3 Å². The Hall–Kier alpha value is -1.49. The summed E-state index contributed by atoms with van der Waals surface area (Å²) in [5, 5.41) is 0.204. The first-order valence-electron chi connectivity index (χ1n) is 4.35. The SMILES string of the molecule is FC(F)(F)c1ccc(-c2cnc(Cl)[nH]2)cc1. The zero-order valence-electron chi connectivity index (χ0n) is 7.85. The van der Waals surface area contributed by atoms with E-state index in [-0.39, 0.29) is 5.28 Å². The van der Waals surface area contributed by atoms with E-state index in [2.05, 4.69) is 9.97 Å². The van der Waals surface area contributed by atoms with E-state index in [0.717, 1.165) is 12.1 Å². The summed E-state index contributed by atoms with van der Waals surface area (Å²) in [6.07, 6.45) is -2.85. The average molecular weight is 247 g/mol. The Balaban J connectivity index is 2.33. The van der Waals surface area contributed by atoms with Gasteiger partial charge in [-0.2, -0.15) is 13.2 Å². The largest absolute Gasteiger partial charge is 0.416 e. The second kappa shape index (κ2) is 3.83. The number of halogens is 4. The van der Waals surface area contributed by atoms with Crippen molar-refractivity contribution in [1.29, 1.82) is 0 Å². The maximum absolute atomic E-state index is 12.3. The zero-order chi connectivity index (χ0) is 11.8.